The Kier molecular flexibility index (Phi) is 5.62. The largest absolute Gasteiger partial charge is 0.482 e. The van der Waals surface area contributed by atoms with E-state index >= 15 is 0 Å². The third-order valence-electron chi connectivity index (χ3n) is 5.19. The number of likely N-dealkylation sites (N-methyl/N-ethyl adjacent to an activating group) is 1. The molecule has 2 aromatic rings. The van der Waals surface area contributed by atoms with Gasteiger partial charge in [0.1, 0.15) is 11.6 Å². The van der Waals surface area contributed by atoms with Crippen LogP contribution in [0.4, 0.5) is 11.5 Å². The van der Waals surface area contributed by atoms with Crippen LogP contribution in [0.15, 0.2) is 36.5 Å². The fourth-order valence-electron chi connectivity index (χ4n) is 3.55. The number of hydrogen-bond donors (Lipinski definition) is 2. The molecule has 1 aromatic heterocycles. The zero-order valence-corrected chi connectivity index (χ0v) is 16.5. The molecule has 8 heteroatoms. The first-order chi connectivity index (χ1) is 14.1. The van der Waals surface area contributed by atoms with E-state index in [9.17, 15) is 9.59 Å². The smallest absolute Gasteiger partial charge is 0.262 e. The van der Waals surface area contributed by atoms with Gasteiger partial charge in [-0.3, -0.25) is 9.59 Å². The first-order valence-electron chi connectivity index (χ1n) is 9.78. The van der Waals surface area contributed by atoms with Crippen LogP contribution in [-0.2, 0) is 22.6 Å². The highest BCUT2D eigenvalue weighted by Gasteiger charge is 2.19. The Hall–Kier alpha value is -3.13. The molecule has 2 aliphatic heterocycles. The topological polar surface area (TPSA) is 86.8 Å². The highest BCUT2D eigenvalue weighted by molar-refractivity contribution is 5.95. The summed E-state index contributed by atoms with van der Waals surface area (Å²) < 4.78 is 5.35. The van der Waals surface area contributed by atoms with Gasteiger partial charge in [0, 0.05) is 44.5 Å². The summed E-state index contributed by atoms with van der Waals surface area (Å²) in [5, 5.41) is 5.76. The Morgan fingerprint density at radius 1 is 1.24 bits per heavy atom. The van der Waals surface area contributed by atoms with E-state index in [4.69, 9.17) is 4.74 Å². The van der Waals surface area contributed by atoms with E-state index < -0.39 is 0 Å². The first kappa shape index (κ1) is 19.2. The number of ether oxygens (including phenoxy) is 1. The van der Waals surface area contributed by atoms with Gasteiger partial charge in [0.25, 0.3) is 5.91 Å². The second-order valence-electron chi connectivity index (χ2n) is 7.40. The lowest BCUT2D eigenvalue weighted by Crippen LogP contribution is -2.45. The summed E-state index contributed by atoms with van der Waals surface area (Å²) in [6.07, 6.45) is 2.02. The second kappa shape index (κ2) is 8.48. The molecule has 0 radical (unpaired) electrons. The molecule has 2 N–H and O–H groups in total. The standard InChI is InChI=1S/C21H25N5O3/c1-25-7-9-26(10-8-25)21-16(3-2-6-22-21)13-23-19(27)12-15-4-5-18-17(11-15)24-20(28)14-29-18/h2-6,11H,7-10,12-14H2,1H3,(H,23,27)(H,24,28). The predicted octanol–water partition coefficient (Wildman–Crippen LogP) is 1.02. The maximum atomic E-state index is 12.5. The van der Waals surface area contributed by atoms with E-state index in [-0.39, 0.29) is 24.8 Å². The lowest BCUT2D eigenvalue weighted by Gasteiger charge is -2.34. The summed E-state index contributed by atoms with van der Waals surface area (Å²) in [6.45, 7) is 4.31. The molecule has 1 saturated heterocycles. The van der Waals surface area contributed by atoms with E-state index in [1.807, 2.05) is 18.2 Å². The van der Waals surface area contributed by atoms with E-state index in [2.05, 4.69) is 32.5 Å². The summed E-state index contributed by atoms with van der Waals surface area (Å²) in [4.78, 5) is 33.1. The van der Waals surface area contributed by atoms with E-state index in [1.54, 1.807) is 18.3 Å². The van der Waals surface area contributed by atoms with Gasteiger partial charge in [-0.15, -0.1) is 0 Å². The number of aromatic nitrogens is 1. The number of rotatable bonds is 5. The molecule has 2 aliphatic rings. The van der Waals surface area contributed by atoms with Crippen molar-refractivity contribution in [1.29, 1.82) is 0 Å². The van der Waals surface area contributed by atoms with Crippen molar-refractivity contribution in [3.63, 3.8) is 0 Å². The molecule has 0 unspecified atom stereocenters. The zero-order chi connectivity index (χ0) is 20.2. The average Bonchev–Trinajstić information content (AvgIpc) is 2.73. The van der Waals surface area contributed by atoms with E-state index in [1.165, 1.54) is 0 Å². The molecule has 2 amide bonds. The molecule has 8 nitrogen and oxygen atoms in total. The van der Waals surface area contributed by atoms with Gasteiger partial charge in [0.2, 0.25) is 5.91 Å². The molecular formula is C21H25N5O3. The minimum absolute atomic E-state index is 0.0214. The molecule has 0 aliphatic carbocycles. The molecule has 0 spiro atoms. The number of carbonyl (C=O) groups excluding carboxylic acids is 2. The minimum atomic E-state index is -0.188. The Balaban J connectivity index is 1.37. The Morgan fingerprint density at radius 2 is 2.07 bits per heavy atom. The lowest BCUT2D eigenvalue weighted by molar-refractivity contribution is -0.120. The van der Waals surface area contributed by atoms with E-state index in [0.29, 0.717) is 18.0 Å². The Bertz CT molecular complexity index is 909. The van der Waals surface area contributed by atoms with Gasteiger partial charge in [0.15, 0.2) is 6.61 Å². The van der Waals surface area contributed by atoms with Crippen LogP contribution in [-0.4, -0.2) is 61.5 Å². The van der Waals surface area contributed by atoms with Crippen LogP contribution >= 0.6 is 0 Å². The molecule has 29 heavy (non-hydrogen) atoms. The Labute approximate surface area is 169 Å². The third-order valence-corrected chi connectivity index (χ3v) is 5.19. The van der Waals surface area contributed by atoms with Crippen LogP contribution in [0.5, 0.6) is 5.75 Å². The van der Waals surface area contributed by atoms with Crippen molar-refractivity contribution in [2.45, 2.75) is 13.0 Å². The van der Waals surface area contributed by atoms with Crippen molar-refractivity contribution in [1.82, 2.24) is 15.2 Å². The van der Waals surface area contributed by atoms with Gasteiger partial charge >= 0.3 is 0 Å². The average molecular weight is 395 g/mol. The maximum absolute atomic E-state index is 12.5. The molecule has 152 valence electrons. The molecule has 1 aromatic carbocycles. The number of carbonyl (C=O) groups is 2. The number of hydrogen-bond acceptors (Lipinski definition) is 6. The number of nitrogens with one attached hydrogen (secondary N) is 2. The SMILES string of the molecule is CN1CCN(c2ncccc2CNC(=O)Cc2ccc3c(c2)NC(=O)CO3)CC1. The monoisotopic (exact) mass is 395 g/mol. The highest BCUT2D eigenvalue weighted by atomic mass is 16.5. The number of anilines is 2. The molecule has 0 bridgehead atoms. The van der Waals surface area contributed by atoms with Crippen LogP contribution in [0, 0.1) is 0 Å². The first-order valence-corrected chi connectivity index (χ1v) is 9.78. The Morgan fingerprint density at radius 3 is 2.90 bits per heavy atom. The molecule has 1 fully saturated rings. The number of benzene rings is 1. The van der Waals surface area contributed by atoms with Crippen molar-refractivity contribution in [3.05, 3.63) is 47.7 Å². The van der Waals surface area contributed by atoms with Crippen molar-refractivity contribution < 1.29 is 14.3 Å². The van der Waals surface area contributed by atoms with E-state index in [0.717, 1.165) is 43.1 Å². The van der Waals surface area contributed by atoms with Crippen LogP contribution < -0.4 is 20.3 Å². The van der Waals surface area contributed by atoms with Gasteiger partial charge in [-0.2, -0.15) is 0 Å². The highest BCUT2D eigenvalue weighted by Crippen LogP contribution is 2.28. The summed E-state index contributed by atoms with van der Waals surface area (Å²) in [5.74, 6) is 1.30. The van der Waals surface area contributed by atoms with Gasteiger partial charge in [-0.1, -0.05) is 12.1 Å². The van der Waals surface area contributed by atoms with Crippen molar-refractivity contribution in [3.8, 4) is 5.75 Å². The van der Waals surface area contributed by atoms with Crippen LogP contribution in [0.25, 0.3) is 0 Å². The fourth-order valence-corrected chi connectivity index (χ4v) is 3.55. The van der Waals surface area contributed by atoms with Crippen LogP contribution in [0.2, 0.25) is 0 Å². The number of pyridine rings is 1. The maximum Gasteiger partial charge on any atom is 0.262 e. The minimum Gasteiger partial charge on any atom is -0.482 e. The number of piperazine rings is 1. The van der Waals surface area contributed by atoms with Crippen LogP contribution in [0.1, 0.15) is 11.1 Å². The number of nitrogens with zero attached hydrogens (tertiary/aromatic N) is 3. The normalized spacial score (nSPS) is 16.6. The van der Waals surface area contributed by atoms with Crippen LogP contribution in [0.3, 0.4) is 0 Å². The van der Waals surface area contributed by atoms with Crippen molar-refractivity contribution >= 4 is 23.3 Å². The van der Waals surface area contributed by atoms with Gasteiger partial charge in [-0.05, 0) is 30.8 Å². The predicted molar refractivity (Wildman–Crippen MR) is 110 cm³/mol. The molecule has 4 rings (SSSR count). The van der Waals surface area contributed by atoms with Crippen molar-refractivity contribution in [2.24, 2.45) is 0 Å². The lowest BCUT2D eigenvalue weighted by atomic mass is 10.1. The number of fused-ring (bicyclic) bond motifs is 1. The molecule has 0 atom stereocenters. The summed E-state index contributed by atoms with van der Waals surface area (Å²) in [5.41, 5.74) is 2.44. The second-order valence-corrected chi connectivity index (χ2v) is 7.40. The van der Waals surface area contributed by atoms with Gasteiger partial charge in [0.05, 0.1) is 12.1 Å². The van der Waals surface area contributed by atoms with Gasteiger partial charge < -0.3 is 25.2 Å². The third kappa shape index (κ3) is 4.65. The number of amides is 2. The van der Waals surface area contributed by atoms with Gasteiger partial charge in [-0.25, -0.2) is 4.98 Å². The summed E-state index contributed by atoms with van der Waals surface area (Å²) in [6, 6.07) is 9.31. The molecule has 0 saturated carbocycles. The zero-order valence-electron chi connectivity index (χ0n) is 16.5. The quantitative estimate of drug-likeness (QED) is 0.786. The fraction of sp³-hybridized carbons (Fsp3) is 0.381. The summed E-state index contributed by atoms with van der Waals surface area (Å²) >= 11 is 0. The summed E-state index contributed by atoms with van der Waals surface area (Å²) in [7, 11) is 2.12. The molecule has 3 heterocycles. The van der Waals surface area contributed by atoms with Crippen molar-refractivity contribution in [2.75, 3.05) is 50.1 Å². The molecular weight excluding hydrogens is 370 g/mol.